The topological polar surface area (TPSA) is 62.1 Å². The predicted molar refractivity (Wildman–Crippen MR) is 65.2 cm³/mol. The smallest absolute Gasteiger partial charge is 0.409 e. The zero-order chi connectivity index (χ0) is 13.5. The maximum atomic E-state index is 12.9. The summed E-state index contributed by atoms with van der Waals surface area (Å²) in [6, 6.07) is 5.30. The summed E-state index contributed by atoms with van der Waals surface area (Å²) in [5, 5.41) is 11.1. The van der Waals surface area contributed by atoms with Gasteiger partial charge in [-0.25, -0.2) is 9.18 Å². The molecule has 0 spiro atoms. The molecule has 1 N–H and O–H groups in total. The van der Waals surface area contributed by atoms with Crippen LogP contribution in [-0.2, 0) is 4.74 Å². The van der Waals surface area contributed by atoms with Crippen molar-refractivity contribution in [3.05, 3.63) is 40.7 Å². The first-order valence-electron chi connectivity index (χ1n) is 5.09. The van der Waals surface area contributed by atoms with Gasteiger partial charge in [-0.05, 0) is 25.1 Å². The number of benzene rings is 1. The number of amides is 1. The number of hydrogen-bond acceptors (Lipinski definition) is 3. The van der Waals surface area contributed by atoms with Gasteiger partial charge in [-0.3, -0.25) is 0 Å². The molecule has 0 heterocycles. The number of hydrogen-bond donors (Lipinski definition) is 1. The average molecular weight is 269 g/mol. The normalized spacial score (nSPS) is 10.7. The van der Waals surface area contributed by atoms with Crippen molar-refractivity contribution >= 4 is 23.5 Å². The van der Waals surface area contributed by atoms with Crippen molar-refractivity contribution in [2.75, 3.05) is 6.54 Å². The molecule has 94 valence electrons. The van der Waals surface area contributed by atoms with Crippen molar-refractivity contribution in [3.8, 4) is 6.07 Å². The third kappa shape index (κ3) is 3.75. The number of ether oxygens (including phenoxy) is 1. The Kier molecular flexibility index (Phi) is 5.15. The lowest BCUT2D eigenvalue weighted by Crippen LogP contribution is -2.23. The molecule has 0 aliphatic heterocycles. The lowest BCUT2D eigenvalue weighted by atomic mass is 10.2. The Morgan fingerprint density at radius 3 is 2.94 bits per heavy atom. The van der Waals surface area contributed by atoms with E-state index >= 15 is 0 Å². The highest BCUT2D eigenvalue weighted by molar-refractivity contribution is 6.32. The minimum absolute atomic E-state index is 0.0338. The average Bonchev–Trinajstić information content (AvgIpc) is 2.29. The van der Waals surface area contributed by atoms with Crippen LogP contribution in [0.2, 0.25) is 5.02 Å². The van der Waals surface area contributed by atoms with Crippen molar-refractivity contribution in [3.63, 3.8) is 0 Å². The SMILES string of the molecule is CCNC(=O)OC(=CC#N)c1ccc(F)cc1Cl. The van der Waals surface area contributed by atoms with Crippen LogP contribution in [0.3, 0.4) is 0 Å². The van der Waals surface area contributed by atoms with Crippen LogP contribution in [0.5, 0.6) is 0 Å². The minimum atomic E-state index is -0.709. The number of nitrogens with one attached hydrogen (secondary N) is 1. The third-order valence-electron chi connectivity index (χ3n) is 1.92. The molecule has 0 unspecified atom stereocenters. The summed E-state index contributed by atoms with van der Waals surface area (Å²) < 4.78 is 17.8. The van der Waals surface area contributed by atoms with E-state index in [9.17, 15) is 9.18 Å². The Morgan fingerprint density at radius 1 is 1.67 bits per heavy atom. The number of nitriles is 1. The first kappa shape index (κ1) is 14.0. The Morgan fingerprint density at radius 2 is 2.39 bits per heavy atom. The predicted octanol–water partition coefficient (Wildman–Crippen LogP) is 3.09. The van der Waals surface area contributed by atoms with Gasteiger partial charge in [-0.1, -0.05) is 11.6 Å². The van der Waals surface area contributed by atoms with Crippen molar-refractivity contribution < 1.29 is 13.9 Å². The van der Waals surface area contributed by atoms with E-state index in [4.69, 9.17) is 21.6 Å². The lowest BCUT2D eigenvalue weighted by molar-refractivity contribution is 0.192. The molecule has 1 rings (SSSR count). The molecule has 6 heteroatoms. The molecule has 0 aliphatic carbocycles. The Labute approximate surface area is 109 Å². The highest BCUT2D eigenvalue weighted by Gasteiger charge is 2.12. The first-order valence-corrected chi connectivity index (χ1v) is 5.47. The van der Waals surface area contributed by atoms with E-state index in [2.05, 4.69) is 5.32 Å². The summed E-state index contributed by atoms with van der Waals surface area (Å²) >= 11 is 5.82. The number of alkyl carbamates (subject to hydrolysis) is 1. The van der Waals surface area contributed by atoms with Crippen LogP contribution in [0.25, 0.3) is 5.76 Å². The maximum Gasteiger partial charge on any atom is 0.412 e. The summed E-state index contributed by atoms with van der Waals surface area (Å²) in [5.74, 6) is -0.550. The number of carbonyl (C=O) groups is 1. The molecule has 0 saturated heterocycles. The third-order valence-corrected chi connectivity index (χ3v) is 2.23. The van der Waals surface area contributed by atoms with Gasteiger partial charge >= 0.3 is 6.09 Å². The van der Waals surface area contributed by atoms with Crippen LogP contribution in [0.1, 0.15) is 12.5 Å². The fourth-order valence-corrected chi connectivity index (χ4v) is 1.45. The van der Waals surface area contributed by atoms with E-state index < -0.39 is 11.9 Å². The fraction of sp³-hybridized carbons (Fsp3) is 0.167. The van der Waals surface area contributed by atoms with Crippen molar-refractivity contribution in [2.24, 2.45) is 0 Å². The van der Waals surface area contributed by atoms with Crippen LogP contribution >= 0.6 is 11.6 Å². The molecule has 1 aromatic rings. The van der Waals surface area contributed by atoms with Gasteiger partial charge in [0.15, 0.2) is 5.76 Å². The number of rotatable bonds is 3. The number of carbonyl (C=O) groups excluding carboxylic acids is 1. The number of allylic oxidation sites excluding steroid dienone is 1. The molecule has 4 nitrogen and oxygen atoms in total. The van der Waals surface area contributed by atoms with E-state index in [0.29, 0.717) is 6.54 Å². The second-order valence-electron chi connectivity index (χ2n) is 3.18. The largest absolute Gasteiger partial charge is 0.412 e. The van der Waals surface area contributed by atoms with Gasteiger partial charge in [0.05, 0.1) is 17.2 Å². The number of halogens is 2. The summed E-state index contributed by atoms with van der Waals surface area (Å²) in [6.07, 6.45) is 0.313. The van der Waals surface area contributed by atoms with Gasteiger partial charge in [-0.15, -0.1) is 0 Å². The van der Waals surface area contributed by atoms with Crippen molar-refractivity contribution in [1.29, 1.82) is 5.26 Å². The highest BCUT2D eigenvalue weighted by Crippen LogP contribution is 2.25. The molecule has 18 heavy (non-hydrogen) atoms. The second-order valence-corrected chi connectivity index (χ2v) is 3.59. The van der Waals surface area contributed by atoms with Gasteiger partial charge in [0, 0.05) is 12.1 Å². The monoisotopic (exact) mass is 268 g/mol. The standard InChI is InChI=1S/C12H10ClFN2O2/c1-2-16-12(17)18-11(5-6-15)9-4-3-8(14)7-10(9)13/h3-5,7H,2H2,1H3,(H,16,17). The highest BCUT2D eigenvalue weighted by atomic mass is 35.5. The molecule has 0 fully saturated rings. The zero-order valence-electron chi connectivity index (χ0n) is 9.54. The van der Waals surface area contributed by atoms with Crippen LogP contribution in [0.15, 0.2) is 24.3 Å². The maximum absolute atomic E-state index is 12.9. The van der Waals surface area contributed by atoms with Crippen LogP contribution < -0.4 is 5.32 Å². The van der Waals surface area contributed by atoms with Gasteiger partial charge in [-0.2, -0.15) is 5.26 Å². The lowest BCUT2D eigenvalue weighted by Gasteiger charge is -2.09. The Bertz CT molecular complexity index is 523. The molecular weight excluding hydrogens is 259 g/mol. The van der Waals surface area contributed by atoms with Crippen LogP contribution in [0.4, 0.5) is 9.18 Å². The Hall–Kier alpha value is -2.06. The van der Waals surface area contributed by atoms with Crippen LogP contribution in [0, 0.1) is 17.1 Å². The van der Waals surface area contributed by atoms with E-state index in [0.717, 1.165) is 18.2 Å². The quantitative estimate of drug-likeness (QED) is 0.677. The van der Waals surface area contributed by atoms with E-state index in [-0.39, 0.29) is 16.3 Å². The molecule has 0 aromatic heterocycles. The molecule has 0 radical (unpaired) electrons. The summed E-state index contributed by atoms with van der Waals surface area (Å²) in [7, 11) is 0. The van der Waals surface area contributed by atoms with Gasteiger partial charge in [0.1, 0.15) is 5.82 Å². The first-order chi connectivity index (χ1) is 8.58. The molecule has 0 aliphatic rings. The summed E-state index contributed by atoms with van der Waals surface area (Å²) in [4.78, 5) is 11.3. The molecule has 1 amide bonds. The second kappa shape index (κ2) is 6.62. The van der Waals surface area contributed by atoms with Gasteiger partial charge in [0.2, 0.25) is 0 Å². The van der Waals surface area contributed by atoms with Crippen molar-refractivity contribution in [1.82, 2.24) is 5.32 Å². The fourth-order valence-electron chi connectivity index (χ4n) is 1.19. The Balaban J connectivity index is 3.03. The molecule has 0 atom stereocenters. The number of nitrogens with zero attached hydrogens (tertiary/aromatic N) is 1. The molecular formula is C12H10ClFN2O2. The molecule has 1 aromatic carbocycles. The zero-order valence-corrected chi connectivity index (χ0v) is 10.3. The molecule has 0 bridgehead atoms. The van der Waals surface area contributed by atoms with E-state index in [1.54, 1.807) is 13.0 Å². The summed E-state index contributed by atoms with van der Waals surface area (Å²) in [5.41, 5.74) is 0.269. The van der Waals surface area contributed by atoms with Gasteiger partial charge < -0.3 is 10.1 Å². The van der Waals surface area contributed by atoms with Crippen LogP contribution in [-0.4, -0.2) is 12.6 Å². The minimum Gasteiger partial charge on any atom is -0.409 e. The summed E-state index contributed by atoms with van der Waals surface area (Å²) in [6.45, 7) is 2.11. The van der Waals surface area contributed by atoms with Crippen molar-refractivity contribution in [2.45, 2.75) is 6.92 Å². The molecule has 0 saturated carbocycles. The van der Waals surface area contributed by atoms with E-state index in [1.807, 2.05) is 0 Å². The van der Waals surface area contributed by atoms with Gasteiger partial charge in [0.25, 0.3) is 0 Å². The van der Waals surface area contributed by atoms with E-state index in [1.165, 1.54) is 6.07 Å².